The van der Waals surface area contributed by atoms with Crippen molar-refractivity contribution in [2.45, 2.75) is 135 Å². The number of imide groups is 2. The molecule has 2 aliphatic rings. The summed E-state index contributed by atoms with van der Waals surface area (Å²) >= 11 is 0. The van der Waals surface area contributed by atoms with Crippen molar-refractivity contribution in [3.05, 3.63) is 312 Å². The molecular formula is C102H105F5N2O25. The summed E-state index contributed by atoms with van der Waals surface area (Å²) in [5, 5.41) is 53.5. The SMILES string of the molecule is CC(C)(C)CC(=O)c1ccc(OC/C(CCC(=O)c2ccccc2C(=O)O)=C(/F)C(=O)O)cc1.CC(C)(C)CC(=O)c1ccc(OC/C(CN2C(=O)c3ccccc3C2=O)=C(/F)C(=O)O)cc1.CC/C(COc1ccc(C(=O)CC(C)(C)C)cc1)=C(\F)C(=O)O.CC/C(COc1ccc(C)cc1)=C(\F)C(=O)O.Cc1ccc(OC/C(CN2C(=O)c3ccccc3C2=O)=C(/F)C(=O)O)cc1. The van der Waals surface area contributed by atoms with Crippen LogP contribution in [0.1, 0.15) is 225 Å². The van der Waals surface area contributed by atoms with Gasteiger partial charge in [0.15, 0.2) is 23.1 Å². The van der Waals surface area contributed by atoms with E-state index in [4.69, 9.17) is 49.2 Å². The molecule has 0 unspecified atom stereocenters. The normalized spacial score (nSPS) is 13.0. The number of carboxylic acid groups (broad SMARTS) is 6. The number of aliphatic carboxylic acids is 5. The number of aryl methyl sites for hydroxylation is 2. The molecule has 0 atom stereocenters. The van der Waals surface area contributed by atoms with Crippen LogP contribution < -0.4 is 23.7 Å². The fraction of sp³-hybridized carbons (Fsp3) is 0.294. The number of halogens is 5. The molecule has 708 valence electrons. The fourth-order valence-corrected chi connectivity index (χ4v) is 12.5. The third-order valence-electron chi connectivity index (χ3n) is 19.6. The molecule has 2 heterocycles. The molecule has 27 nitrogen and oxygen atoms in total. The maximum atomic E-state index is 14.4. The minimum Gasteiger partial charge on any atom is -0.489 e. The summed E-state index contributed by atoms with van der Waals surface area (Å²) in [5.74, 6) is -17.5. The third-order valence-corrected chi connectivity index (χ3v) is 19.6. The Balaban J connectivity index is 0.000000262. The molecule has 2 aliphatic heterocycles. The second-order valence-corrected chi connectivity index (χ2v) is 34.2. The van der Waals surface area contributed by atoms with E-state index in [1.54, 1.807) is 123 Å². The first-order valence-corrected chi connectivity index (χ1v) is 41.9. The van der Waals surface area contributed by atoms with E-state index in [2.05, 4.69) is 0 Å². The molecule has 6 N–H and O–H groups in total. The highest BCUT2D eigenvalue weighted by Crippen LogP contribution is 2.32. The standard InChI is InChI=1S/C26H27FO7.C25H24FNO6.C20H16FNO5.C18H23FO4.C13H15FO3/c1-26(2,3)14-22(29)16-8-11-18(12-9-16)34-15-17(23(27)25(32)33)10-13-21(28)19-6-4-5-7-20(19)24(30)31;1-25(2,3)12-20(28)15-8-10-17(11-9-15)33-14-16(21(26)24(31)32)13-27-22(29)18-6-4-5-7-19(18)23(27)30;1-12-6-8-14(9-7-12)27-11-13(17(21)20(25)26)10-22-18(23)15-4-2-3-5-16(15)19(22)24;1-5-12(16(19)17(21)22)11-23-14-8-6-13(7-9-14)15(20)10-18(2,3)4;1-3-10(12(14)13(15)16)8-17-11-6-4-9(2)5-7-11/h4-9,11-12H,10,13-15H2,1-3H3,(H,30,31)(H,32,33);4-11H,12-14H2,1-3H3,(H,31,32);2-9H,10-11H2,1H3,(H,25,26);6-9H,5,10-11H2,1-4H3,(H,21,22);4-7H,3,8H2,1-2H3,(H,15,16)/b23-17+;21-16+;17-13+;16-12+;12-10+. The minimum absolute atomic E-state index is 0.0304. The van der Waals surface area contributed by atoms with E-state index in [1.807, 2.05) is 88.3 Å². The van der Waals surface area contributed by atoms with Gasteiger partial charge in [0.25, 0.3) is 23.6 Å². The number of carboxylic acids is 6. The lowest BCUT2D eigenvalue weighted by molar-refractivity contribution is -0.135. The van der Waals surface area contributed by atoms with Crippen molar-refractivity contribution < 1.29 is 143 Å². The van der Waals surface area contributed by atoms with Gasteiger partial charge in [0, 0.05) is 75.8 Å². The van der Waals surface area contributed by atoms with Crippen molar-refractivity contribution in [2.24, 2.45) is 16.2 Å². The maximum Gasteiger partial charge on any atom is 0.364 e. The highest BCUT2D eigenvalue weighted by molar-refractivity contribution is 6.22. The number of ether oxygens (including phenoxy) is 5. The van der Waals surface area contributed by atoms with E-state index in [0.29, 0.717) is 65.4 Å². The molecule has 134 heavy (non-hydrogen) atoms. The number of hydrogen-bond donors (Lipinski definition) is 6. The minimum atomic E-state index is -1.83. The summed E-state index contributed by atoms with van der Waals surface area (Å²) in [6.07, 6.45) is 1.16. The summed E-state index contributed by atoms with van der Waals surface area (Å²) in [5.41, 5.74) is 3.12. The first-order chi connectivity index (χ1) is 62.9. The molecule has 0 fully saturated rings. The van der Waals surface area contributed by atoms with Crippen molar-refractivity contribution in [1.29, 1.82) is 0 Å². The van der Waals surface area contributed by atoms with Gasteiger partial charge < -0.3 is 54.3 Å². The Morgan fingerprint density at radius 3 is 0.761 bits per heavy atom. The van der Waals surface area contributed by atoms with Gasteiger partial charge in [-0.15, -0.1) is 0 Å². The lowest BCUT2D eigenvalue weighted by Crippen LogP contribution is -2.33. The van der Waals surface area contributed by atoms with Crippen LogP contribution in [-0.4, -0.2) is 169 Å². The number of carbonyl (C=O) groups excluding carboxylic acids is 8. The Hall–Kier alpha value is -15.1. The second kappa shape index (κ2) is 49.8. The van der Waals surface area contributed by atoms with E-state index in [9.17, 15) is 94.2 Å². The van der Waals surface area contributed by atoms with Crippen molar-refractivity contribution in [3.63, 3.8) is 0 Å². The summed E-state index contributed by atoms with van der Waals surface area (Å²) < 4.78 is 96.4. The van der Waals surface area contributed by atoms with Crippen LogP contribution in [0.3, 0.4) is 0 Å². The van der Waals surface area contributed by atoms with Crippen molar-refractivity contribution in [2.75, 3.05) is 46.1 Å². The molecule has 4 amide bonds. The van der Waals surface area contributed by atoms with Crippen LogP contribution in [0.25, 0.3) is 0 Å². The second-order valence-electron chi connectivity index (χ2n) is 34.2. The molecule has 0 spiro atoms. The molecule has 0 aromatic heterocycles. The summed E-state index contributed by atoms with van der Waals surface area (Å²) in [4.78, 5) is 167. The topological polar surface area (TPSA) is 413 Å². The van der Waals surface area contributed by atoms with Gasteiger partial charge in [-0.25, -0.2) is 28.8 Å². The molecule has 0 aliphatic carbocycles. The fourth-order valence-electron chi connectivity index (χ4n) is 12.5. The quantitative estimate of drug-likeness (QED) is 0.00911. The molecular weight excluding hydrogens is 1750 g/mol. The summed E-state index contributed by atoms with van der Waals surface area (Å²) in [6, 6.07) is 51.1. The average Bonchev–Trinajstić information content (AvgIpc) is 1.64. The first-order valence-electron chi connectivity index (χ1n) is 41.9. The highest BCUT2D eigenvalue weighted by Gasteiger charge is 2.39. The number of rotatable bonds is 37. The van der Waals surface area contributed by atoms with Crippen molar-refractivity contribution in [1.82, 2.24) is 9.80 Å². The summed E-state index contributed by atoms with van der Waals surface area (Å²) in [7, 11) is 0. The van der Waals surface area contributed by atoms with Crippen LogP contribution in [-0.2, 0) is 24.0 Å². The first kappa shape index (κ1) is 108. The number of fused-ring (bicyclic) bond motifs is 2. The maximum absolute atomic E-state index is 14.4. The Labute approximate surface area is 770 Å². The lowest BCUT2D eigenvalue weighted by atomic mass is 9.88. The van der Waals surface area contributed by atoms with E-state index >= 15 is 0 Å². The van der Waals surface area contributed by atoms with E-state index < -0.39 is 127 Å². The lowest BCUT2D eigenvalue weighted by Gasteiger charge is -2.18. The zero-order valence-electron chi connectivity index (χ0n) is 76.1. The summed E-state index contributed by atoms with van der Waals surface area (Å²) in [6.45, 7) is 22.4. The smallest absolute Gasteiger partial charge is 0.364 e. The van der Waals surface area contributed by atoms with Crippen LogP contribution in [0.5, 0.6) is 28.7 Å². The highest BCUT2D eigenvalue weighted by atomic mass is 19.1. The van der Waals surface area contributed by atoms with E-state index in [0.717, 1.165) is 20.9 Å². The van der Waals surface area contributed by atoms with Crippen LogP contribution >= 0.6 is 0 Å². The van der Waals surface area contributed by atoms with Gasteiger partial charge in [-0.05, 0) is 177 Å². The number of Topliss-reactive ketones (excluding diaryl/α,β-unsaturated/α-hetero) is 4. The number of carbonyl (C=O) groups is 14. The number of aromatic carboxylic acids is 1. The molecule has 0 radical (unpaired) electrons. The van der Waals surface area contributed by atoms with E-state index in [-0.39, 0.29) is 133 Å². The van der Waals surface area contributed by atoms with Crippen LogP contribution in [0.2, 0.25) is 0 Å². The molecule has 32 heteroatoms. The number of ketones is 4. The zero-order valence-corrected chi connectivity index (χ0v) is 76.1. The number of nitrogens with zero attached hydrogens (tertiary/aromatic N) is 2. The molecule has 8 aromatic rings. The van der Waals surface area contributed by atoms with Gasteiger partial charge in [-0.3, -0.25) is 48.2 Å². The number of hydrogen-bond acceptors (Lipinski definition) is 19. The van der Waals surface area contributed by atoms with Crippen molar-refractivity contribution in [3.8, 4) is 28.7 Å². The van der Waals surface area contributed by atoms with Gasteiger partial charge in [-0.1, -0.05) is 154 Å². The zero-order chi connectivity index (χ0) is 99.8. The Morgan fingerprint density at radius 1 is 0.291 bits per heavy atom. The van der Waals surface area contributed by atoms with Crippen LogP contribution in [0.4, 0.5) is 22.0 Å². The monoisotopic (exact) mass is 1850 g/mol. The predicted molar refractivity (Wildman–Crippen MR) is 484 cm³/mol. The number of amides is 4. The third kappa shape index (κ3) is 33.4. The van der Waals surface area contributed by atoms with Gasteiger partial charge in [-0.2, -0.15) is 22.0 Å². The van der Waals surface area contributed by atoms with E-state index in [1.165, 1.54) is 72.8 Å². The average molecular weight is 1850 g/mol. The molecule has 10 rings (SSSR count). The molecule has 0 saturated carbocycles. The number of benzene rings is 8. The van der Waals surface area contributed by atoms with Crippen LogP contribution in [0.15, 0.2) is 251 Å². The predicted octanol–water partition coefficient (Wildman–Crippen LogP) is 20.1. The Bertz CT molecular complexity index is 5760. The molecule has 0 bridgehead atoms. The Morgan fingerprint density at radius 2 is 0.515 bits per heavy atom. The van der Waals surface area contributed by atoms with Gasteiger partial charge in [0.2, 0.25) is 29.1 Å². The van der Waals surface area contributed by atoms with Crippen LogP contribution in [0, 0.1) is 30.1 Å². The molecule has 8 aromatic carbocycles. The molecule has 0 saturated heterocycles. The van der Waals surface area contributed by atoms with Gasteiger partial charge in [0.05, 0.1) is 40.9 Å². The van der Waals surface area contributed by atoms with Gasteiger partial charge >= 0.3 is 35.8 Å². The van der Waals surface area contributed by atoms with Gasteiger partial charge in [0.1, 0.15) is 61.8 Å². The largest absolute Gasteiger partial charge is 0.489 e. The van der Waals surface area contributed by atoms with Crippen molar-refractivity contribution >= 4 is 82.6 Å². The Kier molecular flexibility index (Phi) is 40.0.